The van der Waals surface area contributed by atoms with E-state index in [2.05, 4.69) is 52.3 Å². The largest absolute Gasteiger partial charge is 0.344 e. The van der Waals surface area contributed by atoms with Crippen molar-refractivity contribution in [2.45, 2.75) is 188 Å². The Hall–Kier alpha value is -2.18. The standard InChI is InChI=1S/C46H74N6O5S/c1-8-31-25-44(31,41(57)49-58-50-20-11-12-21-50)27-35(53)34-26-46-28-52(34)40(56)38(42(4,5)6)48-39(55)37(47-36(54)24-33-17-9-10-22-51(33)29(2)3)30-15-13-16-32(23-30)43(46,7)45(46)18-14-19-45/h29-34,37-38H,8-28H2,1-7H3,(H,47,54)(H,48,55)(H,49,57). The summed E-state index contributed by atoms with van der Waals surface area (Å²) in [6.07, 6.45) is 15.4. The van der Waals surface area contributed by atoms with Gasteiger partial charge in [-0.1, -0.05) is 60.3 Å². The monoisotopic (exact) mass is 823 g/mol. The Bertz CT molecular complexity index is 1640. The highest BCUT2D eigenvalue weighted by Crippen LogP contribution is 2.91. The van der Waals surface area contributed by atoms with Gasteiger partial charge in [0.25, 0.3) is 0 Å². The van der Waals surface area contributed by atoms with E-state index in [0.29, 0.717) is 37.8 Å². The summed E-state index contributed by atoms with van der Waals surface area (Å²) in [4.78, 5) is 77.5. The van der Waals surface area contributed by atoms with Crippen molar-refractivity contribution in [2.24, 2.45) is 44.8 Å². The van der Waals surface area contributed by atoms with Gasteiger partial charge in [-0.25, -0.2) is 4.31 Å². The van der Waals surface area contributed by atoms with E-state index in [4.69, 9.17) is 0 Å². The van der Waals surface area contributed by atoms with Crippen LogP contribution in [0.4, 0.5) is 0 Å². The number of ketones is 1. The number of likely N-dealkylation sites (tertiary alicyclic amines) is 1. The van der Waals surface area contributed by atoms with E-state index in [-0.39, 0.29) is 70.0 Å². The lowest BCUT2D eigenvalue weighted by molar-refractivity contribution is -0.145. The van der Waals surface area contributed by atoms with E-state index in [1.807, 2.05) is 25.7 Å². The van der Waals surface area contributed by atoms with E-state index < -0.39 is 29.0 Å². The number of piperidine rings is 1. The molecule has 3 N–H and O–H groups in total. The number of carbonyl (C=O) groups excluding carboxylic acids is 5. The first kappa shape index (κ1) is 42.5. The lowest BCUT2D eigenvalue weighted by atomic mass is 9.65. The first-order chi connectivity index (χ1) is 27.5. The van der Waals surface area contributed by atoms with E-state index in [1.165, 1.54) is 12.1 Å². The van der Waals surface area contributed by atoms with Gasteiger partial charge in [0.15, 0.2) is 5.78 Å². The Morgan fingerprint density at radius 2 is 1.66 bits per heavy atom. The minimum atomic E-state index is -0.876. The fraction of sp³-hybridized carbons (Fsp3) is 0.891. The maximum atomic E-state index is 15.3. The van der Waals surface area contributed by atoms with Gasteiger partial charge in [0.2, 0.25) is 23.6 Å². The van der Waals surface area contributed by atoms with E-state index in [1.54, 1.807) is 0 Å². The van der Waals surface area contributed by atoms with Crippen molar-refractivity contribution in [2.75, 3.05) is 26.2 Å². The number of carbonyl (C=O) groups is 5. The van der Waals surface area contributed by atoms with Crippen LogP contribution in [-0.4, -0.2) is 99.9 Å². The lowest BCUT2D eigenvalue weighted by Crippen LogP contribution is -2.61. The van der Waals surface area contributed by atoms with Gasteiger partial charge in [-0.3, -0.25) is 33.6 Å². The van der Waals surface area contributed by atoms with Crippen LogP contribution in [-0.2, 0) is 24.0 Å². The number of nitrogens with one attached hydrogen (secondary N) is 3. The Labute approximate surface area is 352 Å². The number of fused-ring (bicyclic) bond motifs is 5. The average Bonchev–Trinajstić information content (AvgIpc) is 3.69. The quantitative estimate of drug-likeness (QED) is 0.204. The third-order valence-corrected chi connectivity index (χ3v) is 18.7. The van der Waals surface area contributed by atoms with Gasteiger partial charge in [0, 0.05) is 62.1 Å². The van der Waals surface area contributed by atoms with Crippen LogP contribution in [0, 0.1) is 44.8 Å². The van der Waals surface area contributed by atoms with Gasteiger partial charge in [-0.15, -0.1) is 0 Å². The van der Waals surface area contributed by atoms with Crippen LogP contribution < -0.4 is 15.4 Å². The average molecular weight is 823 g/mol. The molecule has 8 fully saturated rings. The molecule has 4 heterocycles. The Morgan fingerprint density at radius 3 is 2.29 bits per heavy atom. The zero-order valence-electron chi connectivity index (χ0n) is 36.8. The fourth-order valence-corrected chi connectivity index (χ4v) is 15.2. The molecule has 58 heavy (non-hydrogen) atoms. The van der Waals surface area contributed by atoms with Crippen molar-refractivity contribution in [1.29, 1.82) is 0 Å². The molecule has 8 rings (SSSR count). The molecule has 4 aliphatic heterocycles. The number of hydrogen-bond donors (Lipinski definition) is 3. The zero-order valence-corrected chi connectivity index (χ0v) is 37.6. The third-order valence-electron chi connectivity index (χ3n) is 17.8. The number of rotatable bonds is 11. The first-order valence-corrected chi connectivity index (χ1v) is 24.2. The topological polar surface area (TPSA) is 131 Å². The first-order valence-electron chi connectivity index (χ1n) is 23.4. The summed E-state index contributed by atoms with van der Waals surface area (Å²) in [5, 5.41) is 6.55. The Kier molecular flexibility index (Phi) is 11.4. The molecule has 4 amide bonds. The third kappa shape index (κ3) is 6.87. The van der Waals surface area contributed by atoms with Gasteiger partial charge < -0.3 is 15.5 Å². The molecule has 4 aliphatic carbocycles. The molecule has 10 atom stereocenters. The number of hydrogen-bond acceptors (Lipinski definition) is 8. The SMILES string of the molecule is CCC1CC1(CC(=O)C1CC23CN1C(=O)C(C(C)(C)C)NC(=O)C(NC(=O)CC1CCCCN1C(C)C)C1CCCC(C1)C2(C)C31CCC1)C(=O)NSN1CCCC1. The van der Waals surface area contributed by atoms with Crippen molar-refractivity contribution >= 4 is 41.5 Å². The van der Waals surface area contributed by atoms with Crippen LogP contribution in [0.15, 0.2) is 0 Å². The molecule has 8 aliphatic rings. The normalized spacial score (nSPS) is 39.9. The summed E-state index contributed by atoms with van der Waals surface area (Å²) in [6, 6.07) is -1.71. The highest BCUT2D eigenvalue weighted by atomic mass is 32.2. The molecule has 10 unspecified atom stereocenters. The van der Waals surface area contributed by atoms with Crippen molar-refractivity contribution in [1.82, 2.24) is 29.5 Å². The van der Waals surface area contributed by atoms with E-state index >= 15 is 9.59 Å². The highest BCUT2D eigenvalue weighted by molar-refractivity contribution is 7.95. The zero-order chi connectivity index (χ0) is 41.4. The Balaban J connectivity index is 1.10. The van der Waals surface area contributed by atoms with Gasteiger partial charge in [0.1, 0.15) is 12.1 Å². The van der Waals surface area contributed by atoms with Crippen molar-refractivity contribution < 1.29 is 24.0 Å². The van der Waals surface area contributed by atoms with Gasteiger partial charge in [-0.2, -0.15) is 0 Å². The highest BCUT2D eigenvalue weighted by Gasteiger charge is 2.88. The molecular weight excluding hydrogens is 749 g/mol. The molecule has 2 spiro atoms. The minimum absolute atomic E-state index is 0.00453. The number of Topliss-reactive ketones (excluding diaryl/α,β-unsaturated/α-hetero) is 1. The molecule has 11 nitrogen and oxygen atoms in total. The molecule has 4 saturated heterocycles. The molecule has 0 aromatic heterocycles. The second kappa shape index (κ2) is 15.6. The summed E-state index contributed by atoms with van der Waals surface area (Å²) in [6.45, 7) is 18.4. The molecule has 0 radical (unpaired) electrons. The molecule has 4 bridgehead atoms. The summed E-state index contributed by atoms with van der Waals surface area (Å²) in [5.41, 5.74) is -1.57. The lowest BCUT2D eigenvalue weighted by Gasteiger charge is -2.42. The van der Waals surface area contributed by atoms with Crippen LogP contribution in [0.3, 0.4) is 0 Å². The molecule has 0 aromatic carbocycles. The molecule has 12 heteroatoms. The Morgan fingerprint density at radius 1 is 0.931 bits per heavy atom. The van der Waals surface area contributed by atoms with Crippen molar-refractivity contribution in [3.05, 3.63) is 0 Å². The second-order valence-corrected chi connectivity index (χ2v) is 22.7. The number of amides is 4. The molecular formula is C46H74N6O5S. The second-order valence-electron chi connectivity index (χ2n) is 21.8. The maximum absolute atomic E-state index is 15.3. The van der Waals surface area contributed by atoms with Crippen molar-refractivity contribution in [3.8, 4) is 0 Å². The smallest absolute Gasteiger partial charge is 0.246 e. The van der Waals surface area contributed by atoms with Crippen LogP contribution in [0.5, 0.6) is 0 Å². The fourth-order valence-electron chi connectivity index (χ4n) is 14.3. The molecule has 324 valence electrons. The van der Waals surface area contributed by atoms with Gasteiger partial charge in [-0.05, 0) is 125 Å². The van der Waals surface area contributed by atoms with Crippen LogP contribution in [0.2, 0.25) is 0 Å². The summed E-state index contributed by atoms with van der Waals surface area (Å²) >= 11 is 1.39. The van der Waals surface area contributed by atoms with E-state index in [0.717, 1.165) is 103 Å². The summed E-state index contributed by atoms with van der Waals surface area (Å²) in [5.74, 6) is -0.135. The molecule has 4 saturated carbocycles. The predicted molar refractivity (Wildman–Crippen MR) is 227 cm³/mol. The van der Waals surface area contributed by atoms with Gasteiger partial charge >= 0.3 is 0 Å². The summed E-state index contributed by atoms with van der Waals surface area (Å²) < 4.78 is 5.34. The van der Waals surface area contributed by atoms with E-state index in [9.17, 15) is 14.4 Å². The van der Waals surface area contributed by atoms with Crippen LogP contribution >= 0.6 is 12.1 Å². The predicted octanol–water partition coefficient (Wildman–Crippen LogP) is 6.40. The van der Waals surface area contributed by atoms with Crippen molar-refractivity contribution in [3.63, 3.8) is 0 Å². The van der Waals surface area contributed by atoms with Crippen LogP contribution in [0.1, 0.15) is 158 Å². The molecule has 0 aromatic rings. The van der Waals surface area contributed by atoms with Gasteiger partial charge in [0.05, 0.1) is 11.5 Å². The minimum Gasteiger partial charge on any atom is -0.344 e. The number of nitrogens with zero attached hydrogens (tertiary/aromatic N) is 3. The maximum Gasteiger partial charge on any atom is 0.246 e. The van der Waals surface area contributed by atoms with Crippen LogP contribution in [0.25, 0.3) is 0 Å². The summed E-state index contributed by atoms with van der Waals surface area (Å²) in [7, 11) is 0.